The quantitative estimate of drug-likeness (QED) is 0.927. The first-order chi connectivity index (χ1) is 10.3. The first-order valence-corrected chi connectivity index (χ1v) is 8.36. The summed E-state index contributed by atoms with van der Waals surface area (Å²) >= 11 is 0. The van der Waals surface area contributed by atoms with Gasteiger partial charge >= 0.3 is 0 Å². The number of nitrogens with zero attached hydrogens (tertiary/aromatic N) is 1. The number of likely N-dealkylation sites (tertiary alicyclic amines) is 1. The first-order valence-electron chi connectivity index (χ1n) is 8.36. The van der Waals surface area contributed by atoms with Crippen molar-refractivity contribution in [2.45, 2.75) is 38.0 Å². The lowest BCUT2D eigenvalue weighted by atomic mass is 9.88. The lowest BCUT2D eigenvalue weighted by molar-refractivity contribution is -0.133. The minimum absolute atomic E-state index is 0. The summed E-state index contributed by atoms with van der Waals surface area (Å²) < 4.78 is 0. The molecule has 2 fully saturated rings. The fourth-order valence-electron chi connectivity index (χ4n) is 3.65. The van der Waals surface area contributed by atoms with Crippen molar-refractivity contribution < 1.29 is 4.79 Å². The third-order valence-corrected chi connectivity index (χ3v) is 5.04. The summed E-state index contributed by atoms with van der Waals surface area (Å²) in [5.74, 6) is 1.62. The number of carbonyl (C=O) groups excluding carboxylic acids is 1. The summed E-state index contributed by atoms with van der Waals surface area (Å²) in [7, 11) is 0. The molecule has 1 amide bonds. The van der Waals surface area contributed by atoms with Gasteiger partial charge in [-0.1, -0.05) is 30.3 Å². The summed E-state index contributed by atoms with van der Waals surface area (Å²) in [6.07, 6.45) is 5.31. The maximum absolute atomic E-state index is 12.4. The summed E-state index contributed by atoms with van der Waals surface area (Å²) in [5.41, 5.74) is 1.43. The van der Waals surface area contributed by atoms with Gasteiger partial charge in [-0.15, -0.1) is 12.4 Å². The molecule has 0 aliphatic carbocycles. The van der Waals surface area contributed by atoms with Gasteiger partial charge in [-0.05, 0) is 56.2 Å². The zero-order valence-corrected chi connectivity index (χ0v) is 14.0. The maximum Gasteiger partial charge on any atom is 0.222 e. The van der Waals surface area contributed by atoms with E-state index in [1.165, 1.54) is 5.56 Å². The number of amides is 1. The van der Waals surface area contributed by atoms with Gasteiger partial charge in [-0.2, -0.15) is 0 Å². The normalized spacial score (nSPS) is 20.5. The molecule has 0 spiro atoms. The summed E-state index contributed by atoms with van der Waals surface area (Å²) in [6, 6.07) is 10.7. The van der Waals surface area contributed by atoms with Crippen LogP contribution in [0, 0.1) is 5.92 Å². The molecule has 4 heteroatoms. The van der Waals surface area contributed by atoms with E-state index in [1.807, 2.05) is 0 Å². The van der Waals surface area contributed by atoms with E-state index in [2.05, 4.69) is 40.5 Å². The van der Waals surface area contributed by atoms with E-state index in [9.17, 15) is 4.79 Å². The molecule has 1 aromatic rings. The summed E-state index contributed by atoms with van der Waals surface area (Å²) in [6.45, 7) is 4.02. The topological polar surface area (TPSA) is 32.3 Å². The summed E-state index contributed by atoms with van der Waals surface area (Å²) in [4.78, 5) is 14.5. The molecule has 0 saturated carbocycles. The van der Waals surface area contributed by atoms with E-state index in [-0.39, 0.29) is 12.4 Å². The lowest BCUT2D eigenvalue weighted by Gasteiger charge is -2.33. The summed E-state index contributed by atoms with van der Waals surface area (Å²) in [5, 5.41) is 3.37. The van der Waals surface area contributed by atoms with Crippen molar-refractivity contribution in [3.8, 4) is 0 Å². The van der Waals surface area contributed by atoms with Gasteiger partial charge in [-0.3, -0.25) is 4.79 Å². The largest absolute Gasteiger partial charge is 0.343 e. The number of hydrogen-bond donors (Lipinski definition) is 1. The molecule has 2 aliphatic rings. The molecule has 1 aromatic carbocycles. The van der Waals surface area contributed by atoms with Crippen LogP contribution >= 0.6 is 12.4 Å². The van der Waals surface area contributed by atoms with Gasteiger partial charge in [0.15, 0.2) is 0 Å². The van der Waals surface area contributed by atoms with E-state index in [0.29, 0.717) is 17.7 Å². The monoisotopic (exact) mass is 322 g/mol. The van der Waals surface area contributed by atoms with E-state index < -0.39 is 0 Å². The number of nitrogens with one attached hydrogen (secondary N) is 1. The molecule has 0 unspecified atom stereocenters. The van der Waals surface area contributed by atoms with Crippen LogP contribution in [0.5, 0.6) is 0 Å². The minimum Gasteiger partial charge on any atom is -0.343 e. The van der Waals surface area contributed by atoms with Crippen LogP contribution < -0.4 is 5.32 Å². The number of hydrogen-bond acceptors (Lipinski definition) is 2. The van der Waals surface area contributed by atoms with Crippen LogP contribution in [-0.2, 0) is 4.79 Å². The highest BCUT2D eigenvalue weighted by molar-refractivity contribution is 5.85. The second-order valence-corrected chi connectivity index (χ2v) is 6.46. The molecule has 0 radical (unpaired) electrons. The molecule has 1 N–H and O–H groups in total. The first kappa shape index (κ1) is 17.3. The van der Waals surface area contributed by atoms with Crippen molar-refractivity contribution in [2.75, 3.05) is 26.2 Å². The molecule has 2 heterocycles. The van der Waals surface area contributed by atoms with Gasteiger partial charge < -0.3 is 10.2 Å². The molecule has 0 bridgehead atoms. The molecular formula is C18H27ClN2O. The fraction of sp³-hybridized carbons (Fsp3) is 0.611. The van der Waals surface area contributed by atoms with Crippen molar-refractivity contribution in [2.24, 2.45) is 5.92 Å². The number of benzene rings is 1. The fourth-order valence-corrected chi connectivity index (χ4v) is 3.65. The van der Waals surface area contributed by atoms with Crippen LogP contribution in [0.1, 0.15) is 43.6 Å². The Morgan fingerprint density at radius 2 is 1.68 bits per heavy atom. The Kier molecular flexibility index (Phi) is 6.71. The molecule has 122 valence electrons. The van der Waals surface area contributed by atoms with Gasteiger partial charge in [0.1, 0.15) is 0 Å². The average Bonchev–Trinajstić information content (AvgIpc) is 2.57. The third kappa shape index (κ3) is 4.47. The van der Waals surface area contributed by atoms with E-state index in [4.69, 9.17) is 0 Å². The Bertz CT molecular complexity index is 451. The number of halogens is 1. The average molecular weight is 323 g/mol. The van der Waals surface area contributed by atoms with E-state index in [0.717, 1.165) is 58.3 Å². The highest BCUT2D eigenvalue weighted by atomic mass is 35.5. The van der Waals surface area contributed by atoms with Gasteiger partial charge in [0.2, 0.25) is 5.91 Å². The zero-order chi connectivity index (χ0) is 14.5. The van der Waals surface area contributed by atoms with Crippen molar-refractivity contribution >= 4 is 18.3 Å². The molecule has 3 nitrogen and oxygen atoms in total. The van der Waals surface area contributed by atoms with Crippen LogP contribution in [-0.4, -0.2) is 37.0 Å². The standard InChI is InChI=1S/C18H26N2O.ClH/c21-18(14-15-6-10-19-11-7-15)20-12-8-17(9-13-20)16-4-2-1-3-5-16;/h1-5,15,17,19H,6-14H2;1H. The van der Waals surface area contributed by atoms with Gasteiger partial charge in [0.05, 0.1) is 0 Å². The van der Waals surface area contributed by atoms with Gasteiger partial charge in [-0.25, -0.2) is 0 Å². The molecule has 2 saturated heterocycles. The highest BCUT2D eigenvalue weighted by Gasteiger charge is 2.25. The van der Waals surface area contributed by atoms with E-state index in [1.54, 1.807) is 0 Å². The second-order valence-electron chi connectivity index (χ2n) is 6.46. The Morgan fingerprint density at radius 3 is 2.32 bits per heavy atom. The molecule has 0 atom stereocenters. The Hall–Kier alpha value is -1.06. The number of rotatable bonds is 3. The molecule has 0 aromatic heterocycles. The van der Waals surface area contributed by atoms with Crippen LogP contribution in [0.2, 0.25) is 0 Å². The van der Waals surface area contributed by atoms with Crippen LogP contribution in [0.3, 0.4) is 0 Å². The molecular weight excluding hydrogens is 296 g/mol. The number of piperidine rings is 2. The van der Waals surface area contributed by atoms with Gasteiger partial charge in [0.25, 0.3) is 0 Å². The second kappa shape index (κ2) is 8.54. The molecule has 22 heavy (non-hydrogen) atoms. The Morgan fingerprint density at radius 1 is 1.05 bits per heavy atom. The predicted molar refractivity (Wildman–Crippen MR) is 92.5 cm³/mol. The SMILES string of the molecule is Cl.O=C(CC1CCNCC1)N1CCC(c2ccccc2)CC1. The predicted octanol–water partition coefficient (Wildman–Crippen LogP) is 3.20. The van der Waals surface area contributed by atoms with Crippen molar-refractivity contribution in [3.63, 3.8) is 0 Å². The third-order valence-electron chi connectivity index (χ3n) is 5.04. The minimum atomic E-state index is 0. The van der Waals surface area contributed by atoms with Crippen LogP contribution in [0.15, 0.2) is 30.3 Å². The zero-order valence-electron chi connectivity index (χ0n) is 13.2. The number of carbonyl (C=O) groups is 1. The van der Waals surface area contributed by atoms with Crippen molar-refractivity contribution in [1.29, 1.82) is 0 Å². The Labute approximate surface area is 139 Å². The van der Waals surface area contributed by atoms with Crippen molar-refractivity contribution in [3.05, 3.63) is 35.9 Å². The lowest BCUT2D eigenvalue weighted by Crippen LogP contribution is -2.39. The van der Waals surface area contributed by atoms with Gasteiger partial charge in [0, 0.05) is 19.5 Å². The van der Waals surface area contributed by atoms with Crippen molar-refractivity contribution in [1.82, 2.24) is 10.2 Å². The molecule has 3 rings (SSSR count). The maximum atomic E-state index is 12.4. The van der Waals surface area contributed by atoms with Crippen LogP contribution in [0.4, 0.5) is 0 Å². The van der Waals surface area contributed by atoms with Crippen LogP contribution in [0.25, 0.3) is 0 Å². The molecule has 2 aliphatic heterocycles. The Balaban J connectivity index is 0.00000176. The van der Waals surface area contributed by atoms with E-state index >= 15 is 0 Å². The highest BCUT2D eigenvalue weighted by Crippen LogP contribution is 2.28. The smallest absolute Gasteiger partial charge is 0.222 e.